The lowest BCUT2D eigenvalue weighted by molar-refractivity contribution is -0.274. The first kappa shape index (κ1) is 12.4. The molecule has 0 radical (unpaired) electrons. The lowest BCUT2D eigenvalue weighted by Gasteiger charge is -2.00. The molecule has 11 heavy (non-hydrogen) atoms. The zero-order chi connectivity index (χ0) is 9.28. The Hall–Kier alpha value is -1.28. The van der Waals surface area contributed by atoms with Crippen LogP contribution in [0.2, 0.25) is 0 Å². The Labute approximate surface area is 65.1 Å². The summed E-state index contributed by atoms with van der Waals surface area (Å²) in [6.07, 6.45) is -1.63. The van der Waals surface area contributed by atoms with Crippen LogP contribution in [0, 0.1) is 11.3 Å². The average molecular weight is 161 g/mol. The smallest absolute Gasteiger partial charge is 0.448 e. The molecule has 0 saturated carbocycles. The largest absolute Gasteiger partial charge is 0.537 e. The minimum atomic E-state index is -1.42. The summed E-state index contributed by atoms with van der Waals surface area (Å²) < 4.78 is 0. The van der Waals surface area contributed by atoms with Gasteiger partial charge in [-0.05, 0) is 13.8 Å². The van der Waals surface area contributed by atoms with Crippen LogP contribution < -0.4 is 0 Å². The highest BCUT2D eigenvalue weighted by Gasteiger charge is 1.98. The Kier molecular flexibility index (Phi) is 9.83. The minimum absolute atomic E-state index is 0.217. The second kappa shape index (κ2) is 8.72. The SMILES string of the molecule is CC#N.CC(C)OOC(=O)O. The van der Waals surface area contributed by atoms with Crippen LogP contribution >= 0.6 is 0 Å². The molecule has 1 N–H and O–H groups in total. The Morgan fingerprint density at radius 3 is 2.09 bits per heavy atom. The molecule has 0 amide bonds. The molecule has 0 rings (SSSR count). The number of hydrogen-bond acceptors (Lipinski definition) is 4. The molecule has 0 unspecified atom stereocenters. The summed E-state index contributed by atoms with van der Waals surface area (Å²) in [6, 6.07) is 1.75. The lowest BCUT2D eigenvalue weighted by Crippen LogP contribution is -2.07. The Morgan fingerprint density at radius 1 is 1.64 bits per heavy atom. The highest BCUT2D eigenvalue weighted by molar-refractivity contribution is 5.55. The Morgan fingerprint density at radius 2 is 2.00 bits per heavy atom. The summed E-state index contributed by atoms with van der Waals surface area (Å²) in [5.41, 5.74) is 0. The Bertz CT molecular complexity index is 138. The molecule has 5 nitrogen and oxygen atoms in total. The van der Waals surface area contributed by atoms with Crippen LogP contribution in [0.1, 0.15) is 20.8 Å². The van der Waals surface area contributed by atoms with E-state index in [4.69, 9.17) is 10.4 Å². The number of hydrogen-bond donors (Lipinski definition) is 1. The van der Waals surface area contributed by atoms with E-state index in [9.17, 15) is 4.79 Å². The van der Waals surface area contributed by atoms with Crippen LogP contribution in [0.5, 0.6) is 0 Å². The monoisotopic (exact) mass is 161 g/mol. The van der Waals surface area contributed by atoms with Gasteiger partial charge in [-0.3, -0.25) is 4.89 Å². The van der Waals surface area contributed by atoms with E-state index in [0.717, 1.165) is 0 Å². The maximum atomic E-state index is 9.56. The molecule has 0 aromatic rings. The standard InChI is InChI=1S/C4H8O4.C2H3N/c1-3(2)7-8-4(5)6;1-2-3/h3H,1-2H3,(H,5,6);1H3. The van der Waals surface area contributed by atoms with Crippen molar-refractivity contribution in [2.24, 2.45) is 0 Å². The van der Waals surface area contributed by atoms with Crippen LogP contribution in [0.4, 0.5) is 4.79 Å². The Balaban J connectivity index is 0. The van der Waals surface area contributed by atoms with Crippen LogP contribution in [0.3, 0.4) is 0 Å². The third-order valence-electron chi connectivity index (χ3n) is 0.312. The highest BCUT2D eigenvalue weighted by Crippen LogP contribution is 1.87. The molecule has 0 aliphatic rings. The van der Waals surface area contributed by atoms with Crippen molar-refractivity contribution in [1.29, 1.82) is 5.26 Å². The number of carbonyl (C=O) groups is 1. The van der Waals surface area contributed by atoms with Gasteiger partial charge in [0.25, 0.3) is 0 Å². The first-order valence-corrected chi connectivity index (χ1v) is 2.91. The van der Waals surface area contributed by atoms with Gasteiger partial charge in [-0.15, -0.1) is 0 Å². The van der Waals surface area contributed by atoms with E-state index < -0.39 is 6.16 Å². The number of rotatable bonds is 2. The summed E-state index contributed by atoms with van der Waals surface area (Å²) >= 11 is 0. The zero-order valence-electron chi connectivity index (χ0n) is 6.70. The summed E-state index contributed by atoms with van der Waals surface area (Å²) in [7, 11) is 0. The van der Waals surface area contributed by atoms with E-state index in [2.05, 4.69) is 9.78 Å². The van der Waals surface area contributed by atoms with Crippen molar-refractivity contribution in [2.45, 2.75) is 26.9 Å². The van der Waals surface area contributed by atoms with Gasteiger partial charge in [-0.25, -0.2) is 4.79 Å². The molecular weight excluding hydrogens is 150 g/mol. The normalized spacial score (nSPS) is 7.55. The highest BCUT2D eigenvalue weighted by atomic mass is 17.2. The number of carboxylic acid groups (broad SMARTS) is 1. The molecule has 64 valence electrons. The summed E-state index contributed by atoms with van der Waals surface area (Å²) in [5, 5.41) is 15.1. The van der Waals surface area contributed by atoms with Crippen molar-refractivity contribution in [3.05, 3.63) is 0 Å². The molecular formula is C6H11NO4. The fraction of sp³-hybridized carbons (Fsp3) is 0.667. The predicted molar refractivity (Wildman–Crippen MR) is 36.6 cm³/mol. The van der Waals surface area contributed by atoms with Crippen molar-refractivity contribution < 1.29 is 19.7 Å². The van der Waals surface area contributed by atoms with Crippen LogP contribution in [0.25, 0.3) is 0 Å². The van der Waals surface area contributed by atoms with Gasteiger partial charge in [0.1, 0.15) is 0 Å². The van der Waals surface area contributed by atoms with Gasteiger partial charge < -0.3 is 5.11 Å². The molecule has 0 aliphatic heterocycles. The quantitative estimate of drug-likeness (QED) is 0.491. The maximum absolute atomic E-state index is 9.56. The molecule has 0 heterocycles. The third-order valence-corrected chi connectivity index (χ3v) is 0.312. The molecule has 0 aromatic heterocycles. The predicted octanol–water partition coefficient (Wildman–Crippen LogP) is 1.55. The number of nitrogens with zero attached hydrogens (tertiary/aromatic N) is 1. The fourth-order valence-electron chi connectivity index (χ4n) is 0.137. The summed E-state index contributed by atoms with van der Waals surface area (Å²) in [5.74, 6) is 0. The van der Waals surface area contributed by atoms with Crippen molar-refractivity contribution in [3.63, 3.8) is 0 Å². The maximum Gasteiger partial charge on any atom is 0.537 e. The van der Waals surface area contributed by atoms with Gasteiger partial charge in [0.05, 0.1) is 12.2 Å². The molecule has 0 spiro atoms. The van der Waals surface area contributed by atoms with Crippen LogP contribution in [-0.4, -0.2) is 17.4 Å². The first-order chi connectivity index (χ1) is 5.04. The van der Waals surface area contributed by atoms with Crippen LogP contribution in [0.15, 0.2) is 0 Å². The van der Waals surface area contributed by atoms with Gasteiger partial charge in [-0.2, -0.15) is 10.1 Å². The fourth-order valence-corrected chi connectivity index (χ4v) is 0.137. The molecule has 5 heteroatoms. The minimum Gasteiger partial charge on any atom is -0.448 e. The van der Waals surface area contributed by atoms with Crippen molar-refractivity contribution in [2.75, 3.05) is 0 Å². The van der Waals surface area contributed by atoms with Gasteiger partial charge in [-0.1, -0.05) is 0 Å². The molecule has 0 aromatic carbocycles. The molecule has 0 atom stereocenters. The topological polar surface area (TPSA) is 79.5 Å². The second-order valence-electron chi connectivity index (χ2n) is 1.72. The number of nitriles is 1. The van der Waals surface area contributed by atoms with E-state index in [1.165, 1.54) is 6.92 Å². The zero-order valence-corrected chi connectivity index (χ0v) is 6.70. The van der Waals surface area contributed by atoms with E-state index in [0.29, 0.717) is 0 Å². The van der Waals surface area contributed by atoms with Crippen molar-refractivity contribution >= 4 is 6.16 Å². The lowest BCUT2D eigenvalue weighted by atomic mass is 10.5. The van der Waals surface area contributed by atoms with Crippen LogP contribution in [-0.2, 0) is 9.78 Å². The summed E-state index contributed by atoms with van der Waals surface area (Å²) in [4.78, 5) is 17.5. The molecule has 0 bridgehead atoms. The third kappa shape index (κ3) is 28.5. The first-order valence-electron chi connectivity index (χ1n) is 2.91. The van der Waals surface area contributed by atoms with E-state index in [-0.39, 0.29) is 6.10 Å². The molecule has 0 aliphatic carbocycles. The second-order valence-corrected chi connectivity index (χ2v) is 1.72. The molecule has 0 saturated heterocycles. The van der Waals surface area contributed by atoms with Crippen molar-refractivity contribution in [3.8, 4) is 6.07 Å². The summed E-state index contributed by atoms with van der Waals surface area (Å²) in [6.45, 7) is 4.77. The van der Waals surface area contributed by atoms with Crippen molar-refractivity contribution in [1.82, 2.24) is 0 Å². The van der Waals surface area contributed by atoms with Gasteiger partial charge in [0.2, 0.25) is 0 Å². The average Bonchev–Trinajstić information content (AvgIpc) is 1.85. The van der Waals surface area contributed by atoms with E-state index >= 15 is 0 Å². The van der Waals surface area contributed by atoms with E-state index in [1.807, 2.05) is 0 Å². The molecule has 0 fully saturated rings. The van der Waals surface area contributed by atoms with Gasteiger partial charge in [0.15, 0.2) is 0 Å². The van der Waals surface area contributed by atoms with Gasteiger partial charge >= 0.3 is 6.16 Å². The van der Waals surface area contributed by atoms with Gasteiger partial charge in [0, 0.05) is 6.92 Å². The van der Waals surface area contributed by atoms with E-state index in [1.54, 1.807) is 19.9 Å².